The van der Waals surface area contributed by atoms with Crippen LogP contribution in [0.25, 0.3) is 0 Å². The molecule has 0 aliphatic heterocycles. The lowest BCUT2D eigenvalue weighted by Crippen LogP contribution is -2.26. The van der Waals surface area contributed by atoms with E-state index in [1.54, 1.807) is 32.0 Å². The number of rotatable bonds is 3. The van der Waals surface area contributed by atoms with E-state index in [9.17, 15) is 19.1 Å². The van der Waals surface area contributed by atoms with Crippen molar-refractivity contribution in [3.8, 4) is 0 Å². The van der Waals surface area contributed by atoms with Gasteiger partial charge in [0.15, 0.2) is 0 Å². The van der Waals surface area contributed by atoms with Crippen LogP contribution in [0.5, 0.6) is 0 Å². The standard InChI is InChI=1S/C15H14FNO3/c1-9-7-13(18)17(10(2)14(9)15(19)20)8-11-5-3-4-6-12(11)16/h3-7H,8H2,1-2H3,(H,19,20). The number of aryl methyl sites for hydroxylation is 1. The lowest BCUT2D eigenvalue weighted by Gasteiger charge is -2.14. The van der Waals surface area contributed by atoms with Crippen LogP contribution in [0.1, 0.15) is 27.2 Å². The summed E-state index contributed by atoms with van der Waals surface area (Å²) in [6.07, 6.45) is 0. The molecular formula is C15H14FNO3. The minimum atomic E-state index is -1.10. The monoisotopic (exact) mass is 275 g/mol. The Labute approximate surface area is 115 Å². The Bertz CT molecular complexity index is 734. The summed E-state index contributed by atoms with van der Waals surface area (Å²) in [4.78, 5) is 23.2. The van der Waals surface area contributed by atoms with Gasteiger partial charge in [-0.05, 0) is 25.5 Å². The number of benzene rings is 1. The number of halogens is 1. The number of hydrogen-bond donors (Lipinski definition) is 1. The largest absolute Gasteiger partial charge is 0.478 e. The molecule has 1 heterocycles. The zero-order valence-corrected chi connectivity index (χ0v) is 11.2. The molecule has 0 saturated carbocycles. The quantitative estimate of drug-likeness (QED) is 0.935. The van der Waals surface area contributed by atoms with Crippen molar-refractivity contribution in [3.63, 3.8) is 0 Å². The zero-order valence-electron chi connectivity index (χ0n) is 11.2. The van der Waals surface area contributed by atoms with Crippen molar-refractivity contribution in [2.24, 2.45) is 0 Å². The molecule has 1 N–H and O–H groups in total. The average molecular weight is 275 g/mol. The number of carboxylic acid groups (broad SMARTS) is 1. The summed E-state index contributed by atoms with van der Waals surface area (Å²) < 4.78 is 14.9. The highest BCUT2D eigenvalue weighted by Gasteiger charge is 2.16. The normalized spacial score (nSPS) is 10.6. The van der Waals surface area contributed by atoms with Crippen LogP contribution in [0.2, 0.25) is 0 Å². The van der Waals surface area contributed by atoms with Gasteiger partial charge in [0.2, 0.25) is 0 Å². The fourth-order valence-electron chi connectivity index (χ4n) is 2.24. The van der Waals surface area contributed by atoms with Crippen LogP contribution >= 0.6 is 0 Å². The molecule has 0 bridgehead atoms. The van der Waals surface area contributed by atoms with Crippen LogP contribution in [-0.2, 0) is 6.54 Å². The molecule has 0 saturated heterocycles. The third-order valence-corrected chi connectivity index (χ3v) is 3.27. The van der Waals surface area contributed by atoms with E-state index in [2.05, 4.69) is 0 Å². The number of nitrogens with zero attached hydrogens (tertiary/aromatic N) is 1. The van der Waals surface area contributed by atoms with E-state index in [0.29, 0.717) is 16.8 Å². The third kappa shape index (κ3) is 2.47. The van der Waals surface area contributed by atoms with Crippen LogP contribution in [0.4, 0.5) is 4.39 Å². The number of aromatic nitrogens is 1. The van der Waals surface area contributed by atoms with E-state index >= 15 is 0 Å². The van der Waals surface area contributed by atoms with Crippen LogP contribution in [0, 0.1) is 19.7 Å². The first-order valence-corrected chi connectivity index (χ1v) is 6.09. The summed E-state index contributed by atoms with van der Waals surface area (Å²) in [5, 5.41) is 9.19. The second-order valence-electron chi connectivity index (χ2n) is 4.61. The molecule has 0 aliphatic carbocycles. The summed E-state index contributed by atoms with van der Waals surface area (Å²) in [5.41, 5.74) is 0.822. The Morgan fingerprint density at radius 1 is 1.30 bits per heavy atom. The number of carbonyl (C=O) groups is 1. The molecule has 4 nitrogen and oxygen atoms in total. The van der Waals surface area contributed by atoms with Gasteiger partial charge in [-0.1, -0.05) is 18.2 Å². The Kier molecular flexibility index (Phi) is 3.70. The fourth-order valence-corrected chi connectivity index (χ4v) is 2.24. The lowest BCUT2D eigenvalue weighted by molar-refractivity contribution is 0.0694. The second-order valence-corrected chi connectivity index (χ2v) is 4.61. The summed E-state index contributed by atoms with van der Waals surface area (Å²) in [6, 6.07) is 7.37. The Balaban J connectivity index is 2.58. The van der Waals surface area contributed by atoms with E-state index in [1.165, 1.54) is 16.7 Å². The number of pyridine rings is 1. The van der Waals surface area contributed by atoms with Crippen molar-refractivity contribution < 1.29 is 14.3 Å². The molecule has 0 spiro atoms. The molecule has 0 amide bonds. The molecule has 0 radical (unpaired) electrons. The molecule has 104 valence electrons. The van der Waals surface area contributed by atoms with Gasteiger partial charge in [-0.25, -0.2) is 9.18 Å². The van der Waals surface area contributed by atoms with Crippen LogP contribution < -0.4 is 5.56 Å². The predicted octanol–water partition coefficient (Wildman–Crippen LogP) is 2.35. The number of carboxylic acids is 1. The van der Waals surface area contributed by atoms with E-state index in [4.69, 9.17) is 0 Å². The molecule has 5 heteroatoms. The van der Waals surface area contributed by atoms with Crippen molar-refractivity contribution in [1.29, 1.82) is 0 Å². The van der Waals surface area contributed by atoms with Gasteiger partial charge in [0.25, 0.3) is 5.56 Å². The first-order chi connectivity index (χ1) is 9.41. The molecule has 0 fully saturated rings. The molecule has 0 atom stereocenters. The molecular weight excluding hydrogens is 261 g/mol. The van der Waals surface area contributed by atoms with Crippen LogP contribution in [0.15, 0.2) is 35.1 Å². The molecule has 20 heavy (non-hydrogen) atoms. The second kappa shape index (κ2) is 5.28. The first-order valence-electron chi connectivity index (χ1n) is 6.09. The summed E-state index contributed by atoms with van der Waals surface area (Å²) in [7, 11) is 0. The number of aromatic carboxylic acids is 1. The smallest absolute Gasteiger partial charge is 0.337 e. The van der Waals surface area contributed by atoms with E-state index in [0.717, 1.165) is 0 Å². The van der Waals surface area contributed by atoms with Crippen molar-refractivity contribution >= 4 is 5.97 Å². The highest BCUT2D eigenvalue weighted by molar-refractivity contribution is 5.90. The summed E-state index contributed by atoms with van der Waals surface area (Å²) in [5.74, 6) is -1.52. The SMILES string of the molecule is Cc1cc(=O)n(Cc2ccccc2F)c(C)c1C(=O)O. The van der Waals surface area contributed by atoms with Crippen molar-refractivity contribution in [3.05, 3.63) is 68.9 Å². The predicted molar refractivity (Wildman–Crippen MR) is 72.6 cm³/mol. The van der Waals surface area contributed by atoms with E-state index in [-0.39, 0.29) is 17.7 Å². The van der Waals surface area contributed by atoms with Gasteiger partial charge in [0.1, 0.15) is 5.82 Å². The minimum absolute atomic E-state index is 0.0118. The van der Waals surface area contributed by atoms with Gasteiger partial charge in [0, 0.05) is 17.3 Å². The van der Waals surface area contributed by atoms with E-state index in [1.807, 2.05) is 0 Å². The summed E-state index contributed by atoms with van der Waals surface area (Å²) in [6.45, 7) is 3.14. The van der Waals surface area contributed by atoms with Crippen LogP contribution in [0.3, 0.4) is 0 Å². The fraction of sp³-hybridized carbons (Fsp3) is 0.200. The highest BCUT2D eigenvalue weighted by atomic mass is 19.1. The zero-order chi connectivity index (χ0) is 14.9. The first kappa shape index (κ1) is 14.0. The van der Waals surface area contributed by atoms with Gasteiger partial charge in [-0.3, -0.25) is 4.79 Å². The minimum Gasteiger partial charge on any atom is -0.478 e. The maximum atomic E-state index is 13.6. The maximum absolute atomic E-state index is 13.6. The average Bonchev–Trinajstić information content (AvgIpc) is 2.35. The highest BCUT2D eigenvalue weighted by Crippen LogP contribution is 2.14. The Morgan fingerprint density at radius 3 is 2.55 bits per heavy atom. The molecule has 0 unspecified atom stereocenters. The molecule has 1 aromatic carbocycles. The van der Waals surface area contributed by atoms with Gasteiger partial charge in [0.05, 0.1) is 12.1 Å². The van der Waals surface area contributed by atoms with Crippen molar-refractivity contribution in [2.75, 3.05) is 0 Å². The third-order valence-electron chi connectivity index (χ3n) is 3.27. The molecule has 2 aromatic rings. The molecule has 0 aliphatic rings. The van der Waals surface area contributed by atoms with Crippen molar-refractivity contribution in [2.45, 2.75) is 20.4 Å². The van der Waals surface area contributed by atoms with E-state index < -0.39 is 11.8 Å². The van der Waals surface area contributed by atoms with Gasteiger partial charge >= 0.3 is 5.97 Å². The maximum Gasteiger partial charge on any atom is 0.337 e. The van der Waals surface area contributed by atoms with Crippen molar-refractivity contribution in [1.82, 2.24) is 4.57 Å². The topological polar surface area (TPSA) is 59.3 Å². The van der Waals surface area contributed by atoms with Gasteiger partial charge < -0.3 is 9.67 Å². The van der Waals surface area contributed by atoms with Gasteiger partial charge in [-0.2, -0.15) is 0 Å². The Morgan fingerprint density at radius 2 is 1.95 bits per heavy atom. The van der Waals surface area contributed by atoms with Gasteiger partial charge in [-0.15, -0.1) is 0 Å². The van der Waals surface area contributed by atoms with Crippen LogP contribution in [-0.4, -0.2) is 15.6 Å². The summed E-state index contributed by atoms with van der Waals surface area (Å²) >= 11 is 0. The Hall–Kier alpha value is -2.43. The molecule has 1 aromatic heterocycles. The lowest BCUT2D eigenvalue weighted by atomic mass is 10.1. The molecule has 2 rings (SSSR count). The number of hydrogen-bond acceptors (Lipinski definition) is 2.